The van der Waals surface area contributed by atoms with Crippen molar-refractivity contribution in [2.24, 2.45) is 0 Å². The molecule has 0 spiro atoms. The first-order valence-corrected chi connectivity index (χ1v) is 4.94. The van der Waals surface area contributed by atoms with Crippen molar-refractivity contribution < 1.29 is 15.0 Å². The summed E-state index contributed by atoms with van der Waals surface area (Å²) in [5, 5.41) is 18.4. The summed E-state index contributed by atoms with van der Waals surface area (Å²) < 4.78 is 0. The lowest BCUT2D eigenvalue weighted by molar-refractivity contribution is -0.138. The number of phenols is 1. The van der Waals surface area contributed by atoms with Gasteiger partial charge in [0.15, 0.2) is 0 Å². The number of anilines is 1. The third kappa shape index (κ3) is 1.52. The van der Waals surface area contributed by atoms with Gasteiger partial charge in [0.2, 0.25) is 0 Å². The van der Waals surface area contributed by atoms with E-state index < -0.39 is 12.0 Å². The number of carboxylic acid groups (broad SMARTS) is 1. The van der Waals surface area contributed by atoms with E-state index in [1.54, 1.807) is 18.2 Å². The van der Waals surface area contributed by atoms with Crippen LogP contribution in [0.4, 0.5) is 5.69 Å². The number of hydrogen-bond acceptors (Lipinski definition) is 3. The Morgan fingerprint density at radius 2 is 2.33 bits per heavy atom. The highest BCUT2D eigenvalue weighted by Gasteiger charge is 2.33. The maximum Gasteiger partial charge on any atom is 0.326 e. The number of fused-ring (bicyclic) bond motifs is 1. The first-order chi connectivity index (χ1) is 7.13. The van der Waals surface area contributed by atoms with Crippen LogP contribution < -0.4 is 4.90 Å². The van der Waals surface area contributed by atoms with Crippen LogP contribution >= 0.6 is 0 Å². The number of aromatic hydroxyl groups is 1. The van der Waals surface area contributed by atoms with Gasteiger partial charge >= 0.3 is 5.97 Å². The van der Waals surface area contributed by atoms with Gasteiger partial charge in [-0.05, 0) is 30.7 Å². The Hall–Kier alpha value is -1.71. The van der Waals surface area contributed by atoms with Gasteiger partial charge in [0.1, 0.15) is 11.8 Å². The highest BCUT2D eigenvalue weighted by Crippen LogP contribution is 2.34. The van der Waals surface area contributed by atoms with E-state index in [-0.39, 0.29) is 5.75 Å². The molecule has 1 heterocycles. The maximum atomic E-state index is 11.0. The third-order valence-electron chi connectivity index (χ3n) is 2.79. The molecule has 4 heteroatoms. The van der Waals surface area contributed by atoms with Gasteiger partial charge in [-0.1, -0.05) is 0 Å². The number of aliphatic carboxylic acids is 1. The van der Waals surface area contributed by atoms with Crippen LogP contribution in [0.25, 0.3) is 0 Å². The molecule has 80 valence electrons. The Bertz CT molecular complexity index is 403. The molecule has 0 fully saturated rings. The minimum Gasteiger partial charge on any atom is -0.508 e. The fourth-order valence-corrected chi connectivity index (χ4v) is 2.11. The summed E-state index contributed by atoms with van der Waals surface area (Å²) in [6.45, 7) is 2.59. The van der Waals surface area contributed by atoms with Crippen LogP contribution in [-0.4, -0.2) is 28.8 Å². The van der Waals surface area contributed by atoms with E-state index in [9.17, 15) is 9.90 Å². The number of carboxylic acids is 1. The molecule has 1 unspecified atom stereocenters. The second-order valence-electron chi connectivity index (χ2n) is 3.66. The number of carbonyl (C=O) groups is 1. The van der Waals surface area contributed by atoms with Crippen molar-refractivity contribution in [2.75, 3.05) is 11.4 Å². The maximum absolute atomic E-state index is 11.0. The number of hydrogen-bond donors (Lipinski definition) is 2. The van der Waals surface area contributed by atoms with Gasteiger partial charge in [-0.25, -0.2) is 4.79 Å². The van der Waals surface area contributed by atoms with Crippen molar-refractivity contribution in [3.05, 3.63) is 23.8 Å². The zero-order valence-corrected chi connectivity index (χ0v) is 8.47. The van der Waals surface area contributed by atoms with E-state index >= 15 is 0 Å². The van der Waals surface area contributed by atoms with E-state index in [0.29, 0.717) is 13.0 Å². The van der Waals surface area contributed by atoms with Gasteiger partial charge in [-0.15, -0.1) is 0 Å². The second-order valence-corrected chi connectivity index (χ2v) is 3.66. The summed E-state index contributed by atoms with van der Waals surface area (Å²) in [5.41, 5.74) is 1.83. The Balaban J connectivity index is 2.41. The highest BCUT2D eigenvalue weighted by molar-refractivity contribution is 5.82. The Morgan fingerprint density at radius 3 is 2.93 bits per heavy atom. The van der Waals surface area contributed by atoms with E-state index in [0.717, 1.165) is 11.3 Å². The minimum atomic E-state index is -0.812. The predicted molar refractivity (Wildman–Crippen MR) is 56.3 cm³/mol. The molecule has 0 saturated heterocycles. The summed E-state index contributed by atoms with van der Waals surface area (Å²) in [5.74, 6) is -0.622. The van der Waals surface area contributed by atoms with Crippen LogP contribution in [0.15, 0.2) is 18.2 Å². The van der Waals surface area contributed by atoms with Crippen LogP contribution in [-0.2, 0) is 11.2 Å². The van der Waals surface area contributed by atoms with Crippen molar-refractivity contribution in [2.45, 2.75) is 19.4 Å². The molecule has 0 bridgehead atoms. The smallest absolute Gasteiger partial charge is 0.326 e. The van der Waals surface area contributed by atoms with Crippen LogP contribution in [0.3, 0.4) is 0 Å². The van der Waals surface area contributed by atoms with Crippen molar-refractivity contribution in [1.82, 2.24) is 0 Å². The molecule has 1 aromatic carbocycles. The quantitative estimate of drug-likeness (QED) is 0.765. The average molecular weight is 207 g/mol. The van der Waals surface area contributed by atoms with Gasteiger partial charge in [0.25, 0.3) is 0 Å². The molecular weight excluding hydrogens is 194 g/mol. The normalized spacial score (nSPS) is 19.0. The topological polar surface area (TPSA) is 60.8 Å². The van der Waals surface area contributed by atoms with E-state index in [1.165, 1.54) is 0 Å². The molecule has 0 aliphatic carbocycles. The second kappa shape index (κ2) is 3.46. The summed E-state index contributed by atoms with van der Waals surface area (Å²) in [4.78, 5) is 12.9. The van der Waals surface area contributed by atoms with Crippen molar-refractivity contribution >= 4 is 11.7 Å². The molecule has 1 aliphatic heterocycles. The standard InChI is InChI=1S/C11H13NO3/c1-2-12-9-4-3-8(13)5-7(9)6-10(12)11(14)15/h3-5,10,13H,2,6H2,1H3,(H,14,15). The van der Waals surface area contributed by atoms with Gasteiger partial charge in [-0.3, -0.25) is 0 Å². The molecule has 4 nitrogen and oxygen atoms in total. The summed E-state index contributed by atoms with van der Waals surface area (Å²) in [7, 11) is 0. The van der Waals surface area contributed by atoms with Gasteiger partial charge < -0.3 is 15.1 Å². The zero-order chi connectivity index (χ0) is 11.0. The minimum absolute atomic E-state index is 0.191. The fourth-order valence-electron chi connectivity index (χ4n) is 2.11. The van der Waals surface area contributed by atoms with Crippen molar-refractivity contribution in [3.63, 3.8) is 0 Å². The SMILES string of the molecule is CCN1c2ccc(O)cc2CC1C(=O)O. The number of rotatable bonds is 2. The lowest BCUT2D eigenvalue weighted by Crippen LogP contribution is -2.38. The molecule has 2 rings (SSSR count). The van der Waals surface area contributed by atoms with Crippen LogP contribution in [0.5, 0.6) is 5.75 Å². The molecule has 0 radical (unpaired) electrons. The predicted octanol–water partition coefficient (Wildman–Crippen LogP) is 1.23. The highest BCUT2D eigenvalue weighted by atomic mass is 16.4. The lowest BCUT2D eigenvalue weighted by Gasteiger charge is -2.22. The first kappa shape index (κ1) is 9.83. The molecule has 0 aromatic heterocycles. The van der Waals surface area contributed by atoms with Crippen molar-refractivity contribution in [1.29, 1.82) is 0 Å². The Morgan fingerprint density at radius 1 is 1.60 bits per heavy atom. The molecular formula is C11H13NO3. The third-order valence-corrected chi connectivity index (χ3v) is 2.79. The van der Waals surface area contributed by atoms with Crippen LogP contribution in [0.1, 0.15) is 12.5 Å². The number of phenolic OH excluding ortho intramolecular Hbond substituents is 1. The molecule has 0 saturated carbocycles. The average Bonchev–Trinajstić information content (AvgIpc) is 2.55. The van der Waals surface area contributed by atoms with Crippen LogP contribution in [0.2, 0.25) is 0 Å². The molecule has 15 heavy (non-hydrogen) atoms. The molecule has 2 N–H and O–H groups in total. The summed E-state index contributed by atoms with van der Waals surface area (Å²) >= 11 is 0. The number of nitrogens with zero attached hydrogens (tertiary/aromatic N) is 1. The summed E-state index contributed by atoms with van der Waals surface area (Å²) in [6, 6.07) is 4.51. The van der Waals surface area contributed by atoms with Crippen molar-refractivity contribution in [3.8, 4) is 5.75 Å². The fraction of sp³-hybridized carbons (Fsp3) is 0.364. The van der Waals surface area contributed by atoms with E-state index in [2.05, 4.69) is 0 Å². The Kier molecular flexibility index (Phi) is 2.26. The van der Waals surface area contributed by atoms with Gasteiger partial charge in [-0.2, -0.15) is 0 Å². The summed E-state index contributed by atoms with van der Waals surface area (Å²) in [6.07, 6.45) is 0.465. The Labute approximate surface area is 87.8 Å². The largest absolute Gasteiger partial charge is 0.508 e. The lowest BCUT2D eigenvalue weighted by atomic mass is 10.1. The molecule has 1 aliphatic rings. The monoisotopic (exact) mass is 207 g/mol. The molecule has 1 atom stereocenters. The molecule has 1 aromatic rings. The van der Waals surface area contributed by atoms with Gasteiger partial charge in [0.05, 0.1) is 0 Å². The zero-order valence-electron chi connectivity index (χ0n) is 8.47. The van der Waals surface area contributed by atoms with Crippen LogP contribution in [0, 0.1) is 0 Å². The van der Waals surface area contributed by atoms with E-state index in [4.69, 9.17) is 5.11 Å². The number of benzene rings is 1. The van der Waals surface area contributed by atoms with E-state index in [1.807, 2.05) is 11.8 Å². The first-order valence-electron chi connectivity index (χ1n) is 4.94. The van der Waals surface area contributed by atoms with Gasteiger partial charge in [0, 0.05) is 18.7 Å². The molecule has 0 amide bonds. The number of likely N-dealkylation sites (N-methyl/N-ethyl adjacent to an activating group) is 1.